The number of aliphatic hydroxyl groups is 1. The number of carbonyl (C=O) groups is 1. The summed E-state index contributed by atoms with van der Waals surface area (Å²) >= 11 is 6.26. The number of hydrogen-bond donors (Lipinski definition) is 3. The van der Waals surface area contributed by atoms with E-state index in [1.807, 2.05) is 0 Å². The molecule has 12 heteroatoms. The van der Waals surface area contributed by atoms with Crippen LogP contribution in [0.5, 0.6) is 0 Å². The van der Waals surface area contributed by atoms with Crippen molar-refractivity contribution in [3.63, 3.8) is 0 Å². The van der Waals surface area contributed by atoms with Gasteiger partial charge < -0.3 is 14.8 Å². The van der Waals surface area contributed by atoms with Crippen molar-refractivity contribution in [3.05, 3.63) is 41.2 Å². The number of anilines is 1. The topological polar surface area (TPSA) is 132 Å². The molecule has 1 aliphatic carbocycles. The normalized spacial score (nSPS) is 18.8. The molecular weight excluding hydrogens is 432 g/mol. The van der Waals surface area contributed by atoms with Crippen molar-refractivity contribution in [2.24, 2.45) is 5.92 Å². The van der Waals surface area contributed by atoms with Crippen molar-refractivity contribution in [2.45, 2.75) is 18.7 Å². The number of imidazole rings is 1. The highest BCUT2D eigenvalue weighted by Gasteiger charge is 2.43. The molecule has 1 saturated carbocycles. The summed E-state index contributed by atoms with van der Waals surface area (Å²) in [6.45, 7) is 0. The minimum atomic E-state index is -1.74. The van der Waals surface area contributed by atoms with Gasteiger partial charge in [0.2, 0.25) is 5.91 Å². The Labute approximate surface area is 177 Å². The third-order valence-corrected chi connectivity index (χ3v) is 5.48. The molecule has 9 nitrogen and oxygen atoms in total. The van der Waals surface area contributed by atoms with E-state index >= 15 is 0 Å². The second-order valence-electron chi connectivity index (χ2n) is 7.12. The van der Waals surface area contributed by atoms with Gasteiger partial charge in [-0.15, -0.1) is 0 Å². The van der Waals surface area contributed by atoms with E-state index in [4.69, 9.17) is 16.9 Å². The van der Waals surface area contributed by atoms with Gasteiger partial charge in [-0.2, -0.15) is 10.4 Å². The van der Waals surface area contributed by atoms with Crippen molar-refractivity contribution in [3.8, 4) is 17.3 Å². The van der Waals surface area contributed by atoms with Gasteiger partial charge >= 0.3 is 0 Å². The van der Waals surface area contributed by atoms with Crippen LogP contribution >= 0.6 is 11.6 Å². The average molecular weight is 444 g/mol. The number of carbonyl (C=O) groups excluding carboxylic acids is 1. The van der Waals surface area contributed by atoms with Gasteiger partial charge in [0.05, 0.1) is 52.4 Å². The van der Waals surface area contributed by atoms with E-state index in [2.05, 4.69) is 25.5 Å². The summed E-state index contributed by atoms with van der Waals surface area (Å²) in [5, 5.41) is 27.9. The summed E-state index contributed by atoms with van der Waals surface area (Å²) in [5.41, 5.74) is 0.682. The van der Waals surface area contributed by atoms with Crippen LogP contribution in [-0.4, -0.2) is 41.8 Å². The van der Waals surface area contributed by atoms with Crippen LogP contribution < -0.4 is 5.32 Å². The number of benzene rings is 1. The van der Waals surface area contributed by atoms with Crippen molar-refractivity contribution >= 4 is 39.9 Å². The Hall–Kier alpha value is -3.62. The van der Waals surface area contributed by atoms with E-state index in [1.165, 1.54) is 24.8 Å². The number of H-pyrrole nitrogens is 1. The SMILES string of the molecule is N#CC(O)c1c(F)c(Cl)c(-c2cn3cc(NC(=O)C4CC4F)nc3cn2)c2cn[nH]c12. The minimum Gasteiger partial charge on any atom is -0.374 e. The summed E-state index contributed by atoms with van der Waals surface area (Å²) in [5.74, 6) is -1.84. The Morgan fingerprint density at radius 1 is 1.45 bits per heavy atom. The number of halogens is 3. The number of aliphatic hydroxyl groups excluding tert-OH is 1. The number of aromatic amines is 1. The fourth-order valence-corrected chi connectivity index (χ4v) is 3.75. The Bertz CT molecular complexity index is 1410. The number of hydrogen-bond acceptors (Lipinski definition) is 6. The zero-order chi connectivity index (χ0) is 21.9. The van der Waals surface area contributed by atoms with Gasteiger partial charge in [0.25, 0.3) is 0 Å². The van der Waals surface area contributed by atoms with Gasteiger partial charge in [0, 0.05) is 17.1 Å². The first-order chi connectivity index (χ1) is 14.9. The highest BCUT2D eigenvalue weighted by molar-refractivity contribution is 6.35. The zero-order valence-corrected chi connectivity index (χ0v) is 16.2. The Morgan fingerprint density at radius 2 is 2.23 bits per heavy atom. The van der Waals surface area contributed by atoms with E-state index < -0.39 is 29.9 Å². The molecule has 3 heterocycles. The minimum absolute atomic E-state index is 0.122. The van der Waals surface area contributed by atoms with Gasteiger partial charge in [0.1, 0.15) is 6.17 Å². The first-order valence-electron chi connectivity index (χ1n) is 9.10. The lowest BCUT2D eigenvalue weighted by Gasteiger charge is -2.12. The molecular formula is C19H12ClF2N7O2. The molecule has 3 unspecified atom stereocenters. The summed E-state index contributed by atoms with van der Waals surface area (Å²) in [6, 6.07) is 1.57. The zero-order valence-electron chi connectivity index (χ0n) is 15.5. The third kappa shape index (κ3) is 3.08. The molecule has 0 bridgehead atoms. The van der Waals surface area contributed by atoms with Crippen LogP contribution in [0.1, 0.15) is 18.1 Å². The molecule has 0 radical (unpaired) electrons. The smallest absolute Gasteiger partial charge is 0.231 e. The van der Waals surface area contributed by atoms with Gasteiger partial charge in [-0.1, -0.05) is 11.6 Å². The Morgan fingerprint density at radius 3 is 2.94 bits per heavy atom. The molecule has 156 valence electrons. The first-order valence-corrected chi connectivity index (χ1v) is 9.48. The van der Waals surface area contributed by atoms with E-state index in [0.717, 1.165) is 0 Å². The largest absolute Gasteiger partial charge is 0.374 e. The lowest BCUT2D eigenvalue weighted by atomic mass is 10.00. The quantitative estimate of drug-likeness (QED) is 0.415. The van der Waals surface area contributed by atoms with Crippen molar-refractivity contribution < 1.29 is 18.7 Å². The highest BCUT2D eigenvalue weighted by atomic mass is 35.5. The van der Waals surface area contributed by atoms with Crippen LogP contribution in [-0.2, 0) is 4.79 Å². The van der Waals surface area contributed by atoms with E-state index in [-0.39, 0.29) is 39.6 Å². The summed E-state index contributed by atoms with van der Waals surface area (Å²) in [4.78, 5) is 20.4. The van der Waals surface area contributed by atoms with Crippen LogP contribution in [0.2, 0.25) is 5.02 Å². The molecule has 0 spiro atoms. The number of alkyl halides is 1. The molecule has 1 fully saturated rings. The monoisotopic (exact) mass is 443 g/mol. The number of amides is 1. The van der Waals surface area contributed by atoms with Crippen LogP contribution in [0.15, 0.2) is 24.8 Å². The van der Waals surface area contributed by atoms with Crippen LogP contribution in [0.25, 0.3) is 27.8 Å². The molecule has 3 atom stereocenters. The molecule has 5 rings (SSSR count). The predicted molar refractivity (Wildman–Crippen MR) is 105 cm³/mol. The number of aromatic nitrogens is 5. The molecule has 0 aliphatic heterocycles. The van der Waals surface area contributed by atoms with Gasteiger partial charge in [-0.25, -0.2) is 13.8 Å². The Kier molecular flexibility index (Phi) is 4.35. The van der Waals surface area contributed by atoms with Crippen molar-refractivity contribution in [2.75, 3.05) is 5.32 Å². The molecule has 1 aromatic carbocycles. The number of nitrogens with zero attached hydrogens (tertiary/aromatic N) is 5. The summed E-state index contributed by atoms with van der Waals surface area (Å²) in [6.07, 6.45) is 3.17. The molecule has 0 saturated heterocycles. The van der Waals surface area contributed by atoms with E-state index in [0.29, 0.717) is 11.0 Å². The maximum absolute atomic E-state index is 15.0. The predicted octanol–water partition coefficient (Wildman–Crippen LogP) is 2.92. The molecule has 1 amide bonds. The van der Waals surface area contributed by atoms with Gasteiger partial charge in [-0.3, -0.25) is 14.9 Å². The first kappa shape index (κ1) is 19.3. The molecule has 31 heavy (non-hydrogen) atoms. The lowest BCUT2D eigenvalue weighted by Crippen LogP contribution is -2.15. The van der Waals surface area contributed by atoms with Crippen molar-refractivity contribution in [1.82, 2.24) is 24.6 Å². The van der Waals surface area contributed by atoms with E-state index in [9.17, 15) is 18.7 Å². The molecule has 4 aromatic rings. The maximum Gasteiger partial charge on any atom is 0.231 e. The van der Waals surface area contributed by atoms with E-state index in [1.54, 1.807) is 10.5 Å². The van der Waals surface area contributed by atoms with Crippen molar-refractivity contribution in [1.29, 1.82) is 5.26 Å². The Balaban J connectivity index is 1.59. The van der Waals surface area contributed by atoms with Gasteiger partial charge in [0.15, 0.2) is 23.4 Å². The molecule has 3 aromatic heterocycles. The fraction of sp³-hybridized carbons (Fsp3) is 0.211. The third-order valence-electron chi connectivity index (χ3n) is 5.12. The van der Waals surface area contributed by atoms with Crippen LogP contribution in [0, 0.1) is 23.1 Å². The average Bonchev–Trinajstić information content (AvgIpc) is 3.12. The molecule has 1 aliphatic rings. The number of nitrogens with one attached hydrogen (secondary N) is 2. The highest BCUT2D eigenvalue weighted by Crippen LogP contribution is 2.40. The second kappa shape index (κ2) is 6.97. The summed E-state index contributed by atoms with van der Waals surface area (Å²) in [7, 11) is 0. The number of rotatable bonds is 4. The maximum atomic E-state index is 15.0. The molecule has 3 N–H and O–H groups in total. The number of nitriles is 1. The standard InChI is InChI=1S/C19H12ClF2N7O2/c20-16-14(8-3-25-28-18(8)15(17(16)22)11(30)2-23)10-5-29-6-12(26-13(29)4-24-10)27-19(31)7-1-9(7)21/h3-7,9,11,30H,1H2,(H,25,28)(H,27,31). The fourth-order valence-electron chi connectivity index (χ4n) is 3.45. The van der Waals surface area contributed by atoms with Gasteiger partial charge in [-0.05, 0) is 6.42 Å². The second-order valence-corrected chi connectivity index (χ2v) is 7.50. The lowest BCUT2D eigenvalue weighted by molar-refractivity contribution is -0.117. The van der Waals surface area contributed by atoms with Crippen LogP contribution in [0.3, 0.4) is 0 Å². The number of fused-ring (bicyclic) bond motifs is 2. The summed E-state index contributed by atoms with van der Waals surface area (Å²) < 4.78 is 29.6. The van der Waals surface area contributed by atoms with Crippen LogP contribution in [0.4, 0.5) is 14.6 Å².